The molecule has 21 heavy (non-hydrogen) atoms. The molecule has 6 heteroatoms. The van der Waals surface area contributed by atoms with Gasteiger partial charge in [-0.05, 0) is 40.2 Å². The van der Waals surface area contributed by atoms with Crippen LogP contribution in [-0.2, 0) is 16.0 Å². The number of nitrogens with zero attached hydrogens (tertiary/aromatic N) is 3. The molecular weight excluding hydrogens is 270 g/mol. The maximum Gasteiger partial charge on any atom is 0.410 e. The summed E-state index contributed by atoms with van der Waals surface area (Å²) < 4.78 is 13.2. The predicted molar refractivity (Wildman–Crippen MR) is 79.0 cm³/mol. The average molecular weight is 295 g/mol. The van der Waals surface area contributed by atoms with Crippen LogP contribution in [0.2, 0.25) is 0 Å². The molecule has 0 bridgehead atoms. The lowest BCUT2D eigenvalue weighted by molar-refractivity contribution is -0.0311. The van der Waals surface area contributed by atoms with Gasteiger partial charge in [0, 0.05) is 18.9 Å². The second-order valence-electron chi connectivity index (χ2n) is 6.72. The van der Waals surface area contributed by atoms with E-state index in [1.54, 1.807) is 11.1 Å². The zero-order valence-electron chi connectivity index (χ0n) is 13.3. The minimum atomic E-state index is -0.461. The van der Waals surface area contributed by atoms with Crippen LogP contribution in [-0.4, -0.2) is 51.7 Å². The van der Waals surface area contributed by atoms with Crippen molar-refractivity contribution in [3.63, 3.8) is 0 Å². The van der Waals surface area contributed by atoms with E-state index < -0.39 is 5.60 Å². The van der Waals surface area contributed by atoms with Crippen LogP contribution in [0.25, 0.3) is 0 Å². The number of hydrogen-bond donors (Lipinski definition) is 0. The Kier molecular flexibility index (Phi) is 4.56. The van der Waals surface area contributed by atoms with E-state index >= 15 is 0 Å². The molecule has 0 radical (unpaired) electrons. The molecule has 0 spiro atoms. The van der Waals surface area contributed by atoms with E-state index in [9.17, 15) is 4.79 Å². The van der Waals surface area contributed by atoms with Gasteiger partial charge in [-0.15, -0.1) is 0 Å². The second kappa shape index (κ2) is 6.05. The number of rotatable bonds is 4. The minimum absolute atomic E-state index is 0.262. The number of carbonyl (C=O) groups excluding carboxylic acids is 1. The van der Waals surface area contributed by atoms with E-state index in [-0.39, 0.29) is 11.7 Å². The maximum absolute atomic E-state index is 12.0. The highest BCUT2D eigenvalue weighted by atomic mass is 16.6. The summed E-state index contributed by atoms with van der Waals surface area (Å²) >= 11 is 0. The zero-order valence-corrected chi connectivity index (χ0v) is 13.3. The molecule has 1 aromatic heterocycles. The van der Waals surface area contributed by atoms with Crippen molar-refractivity contribution in [3.05, 3.63) is 18.5 Å². The molecule has 0 aliphatic carbocycles. The van der Waals surface area contributed by atoms with Gasteiger partial charge in [0.15, 0.2) is 0 Å². The van der Waals surface area contributed by atoms with Crippen molar-refractivity contribution in [3.8, 4) is 0 Å². The predicted octanol–water partition coefficient (Wildman–Crippen LogP) is 2.30. The lowest BCUT2D eigenvalue weighted by atomic mass is 10.1. The van der Waals surface area contributed by atoms with Crippen LogP contribution in [0.1, 0.15) is 34.1 Å². The number of carbonyl (C=O) groups is 1. The first-order chi connectivity index (χ1) is 9.77. The molecule has 1 aliphatic rings. The first kappa shape index (κ1) is 15.8. The lowest BCUT2D eigenvalue weighted by Gasteiger charge is -2.27. The standard InChI is InChI=1S/C15H25N3O3/c1-14(2,3)21-13(19)17-9-6-15(4,12-17)20-11-10-18-8-5-7-16-18/h5,7-8H,6,9-12H2,1-4H3. The molecule has 6 nitrogen and oxygen atoms in total. The molecular formula is C15H25N3O3. The van der Waals surface area contributed by atoms with Crippen molar-refractivity contribution in [2.75, 3.05) is 19.7 Å². The third kappa shape index (κ3) is 4.74. The summed E-state index contributed by atoms with van der Waals surface area (Å²) in [6, 6.07) is 1.89. The van der Waals surface area contributed by atoms with Gasteiger partial charge < -0.3 is 14.4 Å². The molecule has 0 N–H and O–H groups in total. The Hall–Kier alpha value is -1.56. The van der Waals surface area contributed by atoms with Gasteiger partial charge in [-0.2, -0.15) is 5.10 Å². The number of aromatic nitrogens is 2. The molecule has 2 heterocycles. The van der Waals surface area contributed by atoms with E-state index in [1.165, 1.54) is 0 Å². The molecule has 1 fully saturated rings. The number of likely N-dealkylation sites (tertiary alicyclic amines) is 1. The third-order valence-corrected chi connectivity index (χ3v) is 3.42. The molecule has 1 unspecified atom stereocenters. The molecule has 118 valence electrons. The smallest absolute Gasteiger partial charge is 0.410 e. The molecule has 1 aliphatic heterocycles. The third-order valence-electron chi connectivity index (χ3n) is 3.42. The fraction of sp³-hybridized carbons (Fsp3) is 0.733. The van der Waals surface area contributed by atoms with Gasteiger partial charge in [-0.1, -0.05) is 0 Å². The molecule has 1 amide bonds. The summed E-state index contributed by atoms with van der Waals surface area (Å²) in [7, 11) is 0. The number of hydrogen-bond acceptors (Lipinski definition) is 4. The highest BCUT2D eigenvalue weighted by Gasteiger charge is 2.38. The van der Waals surface area contributed by atoms with Crippen molar-refractivity contribution in [2.24, 2.45) is 0 Å². The summed E-state index contributed by atoms with van der Waals surface area (Å²) in [6.07, 6.45) is 4.22. The Balaban J connectivity index is 1.78. The lowest BCUT2D eigenvalue weighted by Crippen LogP contribution is -2.39. The zero-order chi connectivity index (χ0) is 15.5. The summed E-state index contributed by atoms with van der Waals surface area (Å²) in [5.41, 5.74) is -0.763. The SMILES string of the molecule is CC(C)(C)OC(=O)N1CCC(C)(OCCn2cccn2)C1. The van der Waals surface area contributed by atoms with Crippen LogP contribution >= 0.6 is 0 Å². The van der Waals surface area contributed by atoms with E-state index in [2.05, 4.69) is 5.10 Å². The van der Waals surface area contributed by atoms with Gasteiger partial charge >= 0.3 is 6.09 Å². The van der Waals surface area contributed by atoms with Crippen molar-refractivity contribution >= 4 is 6.09 Å². The highest BCUT2D eigenvalue weighted by molar-refractivity contribution is 5.68. The molecule has 0 aromatic carbocycles. The van der Waals surface area contributed by atoms with Gasteiger partial charge in [0.05, 0.1) is 25.3 Å². The van der Waals surface area contributed by atoms with Crippen LogP contribution in [0.5, 0.6) is 0 Å². The van der Waals surface area contributed by atoms with Gasteiger partial charge in [-0.3, -0.25) is 4.68 Å². The summed E-state index contributed by atoms with van der Waals surface area (Å²) in [4.78, 5) is 13.8. The first-order valence-electron chi connectivity index (χ1n) is 7.37. The first-order valence-corrected chi connectivity index (χ1v) is 7.37. The van der Waals surface area contributed by atoms with Gasteiger partial charge in [0.2, 0.25) is 0 Å². The minimum Gasteiger partial charge on any atom is -0.444 e. The molecule has 1 saturated heterocycles. The molecule has 0 saturated carbocycles. The summed E-state index contributed by atoms with van der Waals surface area (Å²) in [5.74, 6) is 0. The molecule has 1 aromatic rings. The van der Waals surface area contributed by atoms with E-state index in [0.717, 1.165) is 13.0 Å². The van der Waals surface area contributed by atoms with Gasteiger partial charge in [0.1, 0.15) is 5.60 Å². The van der Waals surface area contributed by atoms with Crippen LogP contribution in [0.4, 0.5) is 4.79 Å². The quantitative estimate of drug-likeness (QED) is 0.855. The van der Waals surface area contributed by atoms with Crippen molar-refractivity contribution in [1.82, 2.24) is 14.7 Å². The Morgan fingerprint density at radius 1 is 1.43 bits per heavy atom. The second-order valence-corrected chi connectivity index (χ2v) is 6.72. The Labute approximate surface area is 126 Å². The average Bonchev–Trinajstić information content (AvgIpc) is 2.97. The van der Waals surface area contributed by atoms with Crippen LogP contribution < -0.4 is 0 Å². The van der Waals surface area contributed by atoms with Crippen LogP contribution in [0.3, 0.4) is 0 Å². The maximum atomic E-state index is 12.0. The van der Waals surface area contributed by atoms with Gasteiger partial charge in [-0.25, -0.2) is 4.79 Å². The van der Waals surface area contributed by atoms with Crippen molar-refractivity contribution < 1.29 is 14.3 Å². The van der Waals surface area contributed by atoms with Crippen LogP contribution in [0, 0.1) is 0 Å². The van der Waals surface area contributed by atoms with E-state index in [1.807, 2.05) is 44.6 Å². The topological polar surface area (TPSA) is 56.6 Å². The normalized spacial score (nSPS) is 22.6. The summed E-state index contributed by atoms with van der Waals surface area (Å²) in [5, 5.41) is 4.14. The largest absolute Gasteiger partial charge is 0.444 e. The van der Waals surface area contributed by atoms with Crippen molar-refractivity contribution in [2.45, 2.75) is 51.9 Å². The monoisotopic (exact) mass is 295 g/mol. The fourth-order valence-corrected chi connectivity index (χ4v) is 2.35. The fourth-order valence-electron chi connectivity index (χ4n) is 2.35. The Morgan fingerprint density at radius 2 is 2.19 bits per heavy atom. The molecule has 2 rings (SSSR count). The van der Waals surface area contributed by atoms with Crippen LogP contribution in [0.15, 0.2) is 18.5 Å². The Morgan fingerprint density at radius 3 is 2.81 bits per heavy atom. The summed E-state index contributed by atoms with van der Waals surface area (Å²) in [6.45, 7) is 10.2. The Bertz CT molecular complexity index is 467. The number of ether oxygens (including phenoxy) is 2. The van der Waals surface area contributed by atoms with E-state index in [0.29, 0.717) is 19.7 Å². The number of amides is 1. The van der Waals surface area contributed by atoms with Crippen molar-refractivity contribution in [1.29, 1.82) is 0 Å². The van der Waals surface area contributed by atoms with E-state index in [4.69, 9.17) is 9.47 Å². The van der Waals surface area contributed by atoms with Gasteiger partial charge in [0.25, 0.3) is 0 Å². The highest BCUT2D eigenvalue weighted by Crippen LogP contribution is 2.26. The molecule has 1 atom stereocenters.